The van der Waals surface area contributed by atoms with E-state index in [2.05, 4.69) is 108 Å². The molecule has 0 atom stereocenters. The zero-order valence-corrected chi connectivity index (χ0v) is 27.1. The van der Waals surface area contributed by atoms with Crippen LogP contribution in [0.25, 0.3) is 21.3 Å². The molecule has 2 N–H and O–H groups in total. The molecule has 8 heteroatoms. The first-order valence-corrected chi connectivity index (χ1v) is 15.5. The third kappa shape index (κ3) is 14.9. The van der Waals surface area contributed by atoms with Crippen molar-refractivity contribution in [1.82, 2.24) is 4.98 Å². The van der Waals surface area contributed by atoms with Gasteiger partial charge in [0.1, 0.15) is 9.04 Å². The van der Waals surface area contributed by atoms with E-state index in [4.69, 9.17) is 10.5 Å². The number of carbonyl (C=O) groups excluding carboxylic acids is 1. The Hall–Kier alpha value is -5.65. The maximum atomic E-state index is 12.8. The van der Waals surface area contributed by atoms with E-state index in [1.54, 1.807) is 0 Å². The smallest absolute Gasteiger partial charge is 0.302 e. The lowest BCUT2D eigenvalue weighted by Crippen LogP contribution is -2.09. The number of hydrogen-bond donors (Lipinski definition) is 1. The molecule has 0 fully saturated rings. The number of rotatable bonds is 7. The molecule has 3 aromatic rings. The normalized spacial score (nSPS) is 8.49. The summed E-state index contributed by atoms with van der Waals surface area (Å²) in [6.45, 7) is 22.4. The molecule has 0 bridgehead atoms. The summed E-state index contributed by atoms with van der Waals surface area (Å²) in [5.41, 5.74) is 35.7. The third-order valence-electron chi connectivity index (χ3n) is 4.94. The van der Waals surface area contributed by atoms with Crippen LogP contribution in [-0.4, -0.2) is 31.7 Å². The van der Waals surface area contributed by atoms with E-state index >= 15 is 0 Å². The Balaban J connectivity index is 0.000000941. The minimum atomic E-state index is -3.55. The van der Waals surface area contributed by atoms with Gasteiger partial charge in [-0.15, -0.1) is 24.5 Å². The summed E-state index contributed by atoms with van der Waals surface area (Å²) < 4.78 is 30.7. The van der Waals surface area contributed by atoms with Gasteiger partial charge in [0.2, 0.25) is 0 Å². The molecule has 0 unspecified atom stereocenters. The summed E-state index contributed by atoms with van der Waals surface area (Å²) in [6.07, 6.45) is 0.873. The van der Waals surface area contributed by atoms with Crippen molar-refractivity contribution in [3.8, 4) is 11.1 Å². The van der Waals surface area contributed by atoms with Crippen LogP contribution < -0.4 is 5.73 Å². The van der Waals surface area contributed by atoms with Gasteiger partial charge in [-0.1, -0.05) is 53.3 Å². The van der Waals surface area contributed by atoms with Crippen LogP contribution in [0.3, 0.4) is 0 Å². The fourth-order valence-corrected chi connectivity index (χ4v) is 6.37. The first kappa shape index (κ1) is 39.4. The van der Waals surface area contributed by atoms with Crippen LogP contribution in [0.5, 0.6) is 0 Å². The Labute approximate surface area is 269 Å². The molecule has 0 aliphatic carbocycles. The SMILES string of the molecule is C=C.C=C=C=C=C=C.C=C=C=C=C=C=C=C=C.CC(=O)OCCCCS(=O)(=O)c1sc2nc(C)cc(-c3ccccc3)c2c1N. The number of aryl methyl sites for hydroxylation is 1. The number of nitrogens with two attached hydrogens (primary N) is 1. The second-order valence-corrected chi connectivity index (χ2v) is 11.4. The number of thiophene rings is 1. The van der Waals surface area contributed by atoms with Crippen molar-refractivity contribution in [1.29, 1.82) is 0 Å². The van der Waals surface area contributed by atoms with E-state index in [1.165, 1.54) is 6.92 Å². The second-order valence-electron chi connectivity index (χ2n) is 8.11. The van der Waals surface area contributed by atoms with Crippen molar-refractivity contribution >= 4 is 43.0 Å². The molecule has 0 aliphatic rings. The lowest BCUT2D eigenvalue weighted by atomic mass is 10.0. The molecule has 0 saturated carbocycles. The lowest BCUT2D eigenvalue weighted by Gasteiger charge is -2.07. The molecule has 1 aromatic carbocycles. The number of nitrogens with zero attached hydrogens (tertiary/aromatic N) is 1. The van der Waals surface area contributed by atoms with Gasteiger partial charge in [0.25, 0.3) is 0 Å². The number of unbranched alkanes of at least 4 members (excludes halogenated alkanes) is 1. The molecule has 0 saturated heterocycles. The zero-order chi connectivity index (χ0) is 34.1. The minimum absolute atomic E-state index is 0.0507. The van der Waals surface area contributed by atoms with Crippen LogP contribution in [-0.2, 0) is 19.4 Å². The number of hydrogen-bond acceptors (Lipinski definition) is 7. The Morgan fingerprint density at radius 2 is 1.40 bits per heavy atom. The molecule has 0 radical (unpaired) electrons. The molecule has 0 amide bonds. The number of pyridine rings is 1. The average molecular weight is 635 g/mol. The number of benzene rings is 1. The first-order valence-electron chi connectivity index (χ1n) is 13.1. The van der Waals surface area contributed by atoms with Gasteiger partial charge in [-0.25, -0.2) is 13.4 Å². The molecule has 2 heterocycles. The molecule has 3 rings (SSSR count). The Bertz CT molecular complexity index is 1940. The second kappa shape index (κ2) is 22.9. The number of sulfone groups is 1. The van der Waals surface area contributed by atoms with E-state index in [1.807, 2.05) is 43.3 Å². The van der Waals surface area contributed by atoms with Gasteiger partial charge in [0, 0.05) is 18.0 Å². The highest BCUT2D eigenvalue weighted by molar-refractivity contribution is 7.93. The van der Waals surface area contributed by atoms with Crippen LogP contribution in [0, 0.1) is 6.92 Å². The van der Waals surface area contributed by atoms with Crippen LogP contribution in [0.2, 0.25) is 0 Å². The monoisotopic (exact) mass is 634 g/mol. The fraction of sp³-hybridized carbons (Fsp3) is 0.162. The minimum Gasteiger partial charge on any atom is -0.466 e. The van der Waals surface area contributed by atoms with Gasteiger partial charge < -0.3 is 10.5 Å². The van der Waals surface area contributed by atoms with Gasteiger partial charge >= 0.3 is 5.97 Å². The topological polar surface area (TPSA) is 99.4 Å². The molecule has 0 aliphatic heterocycles. The zero-order valence-electron chi connectivity index (χ0n) is 25.5. The number of esters is 1. The van der Waals surface area contributed by atoms with Crippen LogP contribution in [0.15, 0.2) is 143 Å². The van der Waals surface area contributed by atoms with Gasteiger partial charge in [0.15, 0.2) is 9.84 Å². The molecule has 228 valence electrons. The van der Waals surface area contributed by atoms with Crippen molar-refractivity contribution < 1.29 is 17.9 Å². The van der Waals surface area contributed by atoms with E-state index in [9.17, 15) is 13.2 Å². The standard InChI is InChI=1S/C20H22N2O4S2.C9H4.C6H4.C2H4/c1-13-12-16(15-8-4-3-5-9-15)17-18(21)20(27-19(17)22-13)28(24,25)11-7-6-10-26-14(2)23;1-3-5-7-9-8-6-4-2;1-3-5-6-4-2;1-2/h3-5,8-9,12H,6-7,10-11,21H2,1-2H3;1-2H2;1-2H2;1-2H2. The quantitative estimate of drug-likeness (QED) is 0.122. The Kier molecular flexibility index (Phi) is 20.0. The highest BCUT2D eigenvalue weighted by Crippen LogP contribution is 2.42. The highest BCUT2D eigenvalue weighted by Gasteiger charge is 2.25. The maximum Gasteiger partial charge on any atom is 0.302 e. The van der Waals surface area contributed by atoms with Crippen LogP contribution >= 0.6 is 11.3 Å². The molecule has 6 nitrogen and oxygen atoms in total. The van der Waals surface area contributed by atoms with E-state index in [0.29, 0.717) is 23.1 Å². The summed E-state index contributed by atoms with van der Waals surface area (Å²) in [7, 11) is -3.55. The lowest BCUT2D eigenvalue weighted by molar-refractivity contribution is -0.141. The summed E-state index contributed by atoms with van der Waals surface area (Å²) in [5.74, 6) is -0.420. The first-order chi connectivity index (χ1) is 21.6. The van der Waals surface area contributed by atoms with Crippen molar-refractivity contribution in [2.75, 3.05) is 18.1 Å². The number of aromatic nitrogens is 1. The van der Waals surface area contributed by atoms with Crippen LogP contribution in [0.1, 0.15) is 25.5 Å². The van der Waals surface area contributed by atoms with Gasteiger partial charge in [-0.3, -0.25) is 4.79 Å². The summed E-state index contributed by atoms with van der Waals surface area (Å²) >= 11 is 1.11. The molecular weight excluding hydrogens is 601 g/mol. The Morgan fingerprint density at radius 1 is 0.889 bits per heavy atom. The summed E-state index contributed by atoms with van der Waals surface area (Å²) in [6, 6.07) is 11.7. The number of ether oxygens (including phenoxy) is 1. The Morgan fingerprint density at radius 3 is 1.91 bits per heavy atom. The molecular formula is C37H34N2O4S2. The maximum absolute atomic E-state index is 12.8. The van der Waals surface area contributed by atoms with Gasteiger partial charge in [-0.2, -0.15) is 0 Å². The third-order valence-corrected chi connectivity index (χ3v) is 8.46. The van der Waals surface area contributed by atoms with E-state index in [-0.39, 0.29) is 28.2 Å². The number of fused-ring (bicyclic) bond motifs is 1. The van der Waals surface area contributed by atoms with Crippen LogP contribution in [0.4, 0.5) is 5.69 Å². The van der Waals surface area contributed by atoms with Crippen molar-refractivity contribution in [3.63, 3.8) is 0 Å². The number of anilines is 1. The van der Waals surface area contributed by atoms with Crippen molar-refractivity contribution in [2.24, 2.45) is 0 Å². The number of nitrogen functional groups attached to an aromatic ring is 1. The average Bonchev–Trinajstić information content (AvgIpc) is 3.38. The predicted octanol–water partition coefficient (Wildman–Crippen LogP) is 8.08. The molecule has 45 heavy (non-hydrogen) atoms. The summed E-state index contributed by atoms with van der Waals surface area (Å²) in [4.78, 5) is 15.9. The van der Waals surface area contributed by atoms with E-state index in [0.717, 1.165) is 28.2 Å². The summed E-state index contributed by atoms with van der Waals surface area (Å²) in [5, 5.41) is 0.681. The number of carbonyl (C=O) groups is 1. The molecule has 0 spiro atoms. The van der Waals surface area contributed by atoms with Gasteiger partial charge in [-0.05, 0) is 103 Å². The fourth-order valence-electron chi connectivity index (χ4n) is 3.27. The largest absolute Gasteiger partial charge is 0.466 e. The van der Waals surface area contributed by atoms with Gasteiger partial charge in [0.05, 0.1) is 18.0 Å². The van der Waals surface area contributed by atoms with E-state index < -0.39 is 9.84 Å². The van der Waals surface area contributed by atoms with Crippen molar-refractivity contribution in [3.05, 3.63) is 145 Å². The predicted molar refractivity (Wildman–Crippen MR) is 185 cm³/mol. The van der Waals surface area contributed by atoms with Crippen molar-refractivity contribution in [2.45, 2.75) is 30.9 Å². The highest BCUT2D eigenvalue weighted by atomic mass is 32.2. The molecule has 2 aromatic heterocycles.